The Morgan fingerprint density at radius 2 is 1.78 bits per heavy atom. The van der Waals surface area contributed by atoms with Gasteiger partial charge in [0.2, 0.25) is 11.3 Å². The van der Waals surface area contributed by atoms with Crippen LogP contribution >= 0.6 is 0 Å². The smallest absolute Gasteiger partial charge is 0.273 e. The summed E-state index contributed by atoms with van der Waals surface area (Å²) in [5.74, 6) is 0.297. The summed E-state index contributed by atoms with van der Waals surface area (Å²) < 4.78 is 17.1. The molecule has 0 atom stereocenters. The molecule has 0 spiro atoms. The Hall–Kier alpha value is -3.03. The molecule has 23 heavy (non-hydrogen) atoms. The molecular weight excluding hydrogens is 302 g/mol. The molecule has 0 aliphatic carbocycles. The second-order valence-electron chi connectivity index (χ2n) is 4.48. The number of hydrogen-bond donors (Lipinski definition) is 1. The van der Waals surface area contributed by atoms with Crippen LogP contribution in [0.15, 0.2) is 29.1 Å². The Balaban J connectivity index is 2.71. The van der Waals surface area contributed by atoms with Gasteiger partial charge in [-0.2, -0.15) is 9.78 Å². The first-order valence-corrected chi connectivity index (χ1v) is 6.80. The molecule has 0 unspecified atom stereocenters. The zero-order valence-electron chi connectivity index (χ0n) is 13.0. The van der Waals surface area contributed by atoms with Crippen LogP contribution < -0.4 is 25.4 Å². The Morgan fingerprint density at radius 1 is 1.17 bits per heavy atom. The van der Waals surface area contributed by atoms with Crippen molar-refractivity contribution in [3.8, 4) is 23.1 Å². The summed E-state index contributed by atoms with van der Waals surface area (Å²) in [6.07, 6.45) is 0. The molecule has 2 aromatic rings. The second kappa shape index (κ2) is 6.82. The maximum absolute atomic E-state index is 11.9. The highest BCUT2D eigenvalue weighted by Crippen LogP contribution is 2.26. The second-order valence-corrected chi connectivity index (χ2v) is 4.48. The van der Waals surface area contributed by atoms with Crippen molar-refractivity contribution in [3.63, 3.8) is 0 Å². The quantitative estimate of drug-likeness (QED) is 0.842. The highest BCUT2D eigenvalue weighted by Gasteiger charge is 2.16. The Labute approximate surface area is 132 Å². The number of amides is 1. The number of methoxy groups -OCH3 is 2. The molecule has 1 aromatic carbocycles. The van der Waals surface area contributed by atoms with Crippen LogP contribution in [0.5, 0.6) is 17.4 Å². The summed E-state index contributed by atoms with van der Waals surface area (Å²) >= 11 is 0. The number of primary amides is 1. The molecule has 1 aromatic heterocycles. The number of nitrogens with two attached hydrogens (primary N) is 1. The predicted molar refractivity (Wildman–Crippen MR) is 82.6 cm³/mol. The fourth-order valence-corrected chi connectivity index (χ4v) is 1.96. The van der Waals surface area contributed by atoms with Crippen LogP contribution in [0.4, 0.5) is 0 Å². The van der Waals surface area contributed by atoms with E-state index >= 15 is 0 Å². The Bertz CT molecular complexity index is 763. The van der Waals surface area contributed by atoms with Crippen LogP contribution in [0.25, 0.3) is 5.69 Å². The highest BCUT2D eigenvalue weighted by molar-refractivity contribution is 5.90. The van der Waals surface area contributed by atoms with Crippen LogP contribution in [-0.2, 0) is 0 Å². The summed E-state index contributed by atoms with van der Waals surface area (Å²) in [7, 11) is 3.02. The number of aromatic nitrogens is 2. The van der Waals surface area contributed by atoms with Gasteiger partial charge in [-0.25, -0.2) is 0 Å². The molecule has 8 nitrogen and oxygen atoms in total. The molecule has 0 saturated carbocycles. The lowest BCUT2D eigenvalue weighted by molar-refractivity contribution is 0.0992. The van der Waals surface area contributed by atoms with E-state index in [1.54, 1.807) is 25.1 Å². The van der Waals surface area contributed by atoms with Crippen molar-refractivity contribution in [1.29, 1.82) is 0 Å². The molecule has 0 aliphatic rings. The minimum absolute atomic E-state index is 0.179. The first kappa shape index (κ1) is 16.3. The van der Waals surface area contributed by atoms with Crippen LogP contribution in [-0.4, -0.2) is 36.5 Å². The van der Waals surface area contributed by atoms with Gasteiger partial charge in [0.25, 0.3) is 5.91 Å². The zero-order valence-corrected chi connectivity index (χ0v) is 13.0. The van der Waals surface area contributed by atoms with Gasteiger partial charge in [-0.1, -0.05) is 0 Å². The first-order valence-electron chi connectivity index (χ1n) is 6.80. The zero-order chi connectivity index (χ0) is 17.0. The minimum Gasteiger partial charge on any atom is -0.497 e. The Kier molecular flexibility index (Phi) is 4.85. The molecule has 0 saturated heterocycles. The lowest BCUT2D eigenvalue weighted by Gasteiger charge is -2.15. The van der Waals surface area contributed by atoms with E-state index < -0.39 is 11.3 Å². The minimum atomic E-state index is -0.915. The van der Waals surface area contributed by atoms with Crippen molar-refractivity contribution in [1.82, 2.24) is 9.78 Å². The summed E-state index contributed by atoms with van der Waals surface area (Å²) in [5, 5.41) is 4.00. The van der Waals surface area contributed by atoms with E-state index in [0.717, 1.165) is 0 Å². The standard InChI is InChI=1S/C15H17N3O5/c1-4-23-13-8-12(19)14(15(16)20)17-18(13)9-5-10(21-2)7-11(6-9)22-3/h5-8H,4H2,1-3H3,(H2,16,20). The predicted octanol–water partition coefficient (Wildman–Crippen LogP) is 0.747. The number of carbonyl (C=O) groups is 1. The number of hydrogen-bond acceptors (Lipinski definition) is 6. The molecule has 8 heteroatoms. The van der Waals surface area contributed by atoms with Gasteiger partial charge in [-0.3, -0.25) is 9.59 Å². The number of ether oxygens (including phenoxy) is 3. The summed E-state index contributed by atoms with van der Waals surface area (Å²) in [5.41, 5.74) is 4.70. The molecule has 2 N–H and O–H groups in total. The maximum Gasteiger partial charge on any atom is 0.273 e. The van der Waals surface area contributed by atoms with Crippen LogP contribution in [0.3, 0.4) is 0 Å². The normalized spacial score (nSPS) is 10.2. The summed E-state index contributed by atoms with van der Waals surface area (Å²) in [6.45, 7) is 2.08. The number of nitrogens with zero attached hydrogens (tertiary/aromatic N) is 2. The average molecular weight is 319 g/mol. The van der Waals surface area contributed by atoms with Gasteiger partial charge < -0.3 is 19.9 Å². The topological polar surface area (TPSA) is 106 Å². The average Bonchev–Trinajstić information content (AvgIpc) is 2.54. The SMILES string of the molecule is CCOc1cc(=O)c(C(N)=O)nn1-c1cc(OC)cc(OC)c1. The third-order valence-corrected chi connectivity index (χ3v) is 3.00. The number of rotatable bonds is 6. The lowest BCUT2D eigenvalue weighted by atomic mass is 10.2. The number of benzene rings is 1. The van der Waals surface area contributed by atoms with Gasteiger partial charge in [0.15, 0.2) is 5.69 Å². The Morgan fingerprint density at radius 3 is 2.26 bits per heavy atom. The van der Waals surface area contributed by atoms with E-state index in [2.05, 4.69) is 5.10 Å². The van der Waals surface area contributed by atoms with Gasteiger partial charge in [0.1, 0.15) is 11.5 Å². The van der Waals surface area contributed by atoms with Crippen molar-refractivity contribution >= 4 is 5.91 Å². The highest BCUT2D eigenvalue weighted by atomic mass is 16.5. The molecule has 1 heterocycles. The van der Waals surface area contributed by atoms with Gasteiger partial charge in [0.05, 0.1) is 32.6 Å². The largest absolute Gasteiger partial charge is 0.497 e. The molecular formula is C15H17N3O5. The van der Waals surface area contributed by atoms with Gasteiger partial charge in [-0.05, 0) is 6.92 Å². The molecule has 122 valence electrons. The fraction of sp³-hybridized carbons (Fsp3) is 0.267. The molecule has 0 radical (unpaired) electrons. The molecule has 1 amide bonds. The van der Waals surface area contributed by atoms with E-state index in [9.17, 15) is 9.59 Å². The van der Waals surface area contributed by atoms with Crippen LogP contribution in [0.2, 0.25) is 0 Å². The summed E-state index contributed by atoms with van der Waals surface area (Å²) in [4.78, 5) is 23.3. The van der Waals surface area contributed by atoms with Crippen molar-refractivity contribution in [2.24, 2.45) is 5.73 Å². The van der Waals surface area contributed by atoms with Crippen molar-refractivity contribution in [3.05, 3.63) is 40.2 Å². The lowest BCUT2D eigenvalue weighted by Crippen LogP contribution is -2.27. The maximum atomic E-state index is 11.9. The van der Waals surface area contributed by atoms with Crippen LogP contribution in [0.1, 0.15) is 17.4 Å². The molecule has 0 bridgehead atoms. The molecule has 0 aliphatic heterocycles. The van der Waals surface area contributed by atoms with E-state index in [-0.39, 0.29) is 11.6 Å². The van der Waals surface area contributed by atoms with Gasteiger partial charge in [0, 0.05) is 18.2 Å². The van der Waals surface area contributed by atoms with Gasteiger partial charge >= 0.3 is 0 Å². The van der Waals surface area contributed by atoms with E-state index in [4.69, 9.17) is 19.9 Å². The molecule has 0 fully saturated rings. The van der Waals surface area contributed by atoms with Crippen molar-refractivity contribution < 1.29 is 19.0 Å². The van der Waals surface area contributed by atoms with E-state index in [0.29, 0.717) is 23.8 Å². The third kappa shape index (κ3) is 3.42. The number of carbonyl (C=O) groups excluding carboxylic acids is 1. The summed E-state index contributed by atoms with van der Waals surface area (Å²) in [6, 6.07) is 6.17. The van der Waals surface area contributed by atoms with Crippen LogP contribution in [0, 0.1) is 0 Å². The van der Waals surface area contributed by atoms with Gasteiger partial charge in [-0.15, -0.1) is 0 Å². The monoisotopic (exact) mass is 319 g/mol. The molecule has 2 rings (SSSR count). The van der Waals surface area contributed by atoms with Crippen molar-refractivity contribution in [2.75, 3.05) is 20.8 Å². The van der Waals surface area contributed by atoms with E-state index in [1.165, 1.54) is 25.0 Å². The van der Waals surface area contributed by atoms with E-state index in [1.807, 2.05) is 0 Å². The van der Waals surface area contributed by atoms with Crippen molar-refractivity contribution in [2.45, 2.75) is 6.92 Å². The first-order chi connectivity index (χ1) is 11.0. The third-order valence-electron chi connectivity index (χ3n) is 3.00. The fourth-order valence-electron chi connectivity index (χ4n) is 1.96.